The zero-order chi connectivity index (χ0) is 16.2. The molecule has 1 aliphatic heterocycles. The fourth-order valence-corrected chi connectivity index (χ4v) is 3.00. The fraction of sp³-hybridized carbons (Fsp3) is 0.600. The van der Waals surface area contributed by atoms with Crippen LogP contribution in [0.4, 0.5) is 5.88 Å². The van der Waals surface area contributed by atoms with Gasteiger partial charge in [-0.2, -0.15) is 5.10 Å². The second-order valence-corrected chi connectivity index (χ2v) is 6.12. The van der Waals surface area contributed by atoms with Gasteiger partial charge in [0.2, 0.25) is 11.8 Å². The summed E-state index contributed by atoms with van der Waals surface area (Å²) in [6.45, 7) is 6.40. The predicted molar refractivity (Wildman–Crippen MR) is 83.7 cm³/mol. The van der Waals surface area contributed by atoms with Crippen molar-refractivity contribution in [2.24, 2.45) is 5.92 Å². The second-order valence-electron chi connectivity index (χ2n) is 6.12. The molecule has 3 rings (SSSR count). The van der Waals surface area contributed by atoms with Gasteiger partial charge in [-0.1, -0.05) is 5.16 Å². The number of aromatic nitrogens is 4. The minimum absolute atomic E-state index is 0.0671. The lowest BCUT2D eigenvalue weighted by molar-refractivity contribution is -0.121. The molecule has 0 bridgehead atoms. The standard InChI is InChI=1S/C15H22N6O2/c1-11-6-14(23-19-11)18-15(22)12(2)20-5-3-4-13(7-20)8-21-10-16-9-17-21/h6,9-10,12-13H,3-5,7-8H2,1-2H3,(H,18,22)/t12-,13+/m0/s1. The van der Waals surface area contributed by atoms with Crippen LogP contribution in [0.25, 0.3) is 0 Å². The summed E-state index contributed by atoms with van der Waals surface area (Å²) >= 11 is 0. The highest BCUT2D eigenvalue weighted by Gasteiger charge is 2.28. The van der Waals surface area contributed by atoms with Crippen LogP contribution in [0.5, 0.6) is 0 Å². The number of nitrogens with zero attached hydrogens (tertiary/aromatic N) is 5. The first-order chi connectivity index (χ1) is 11.1. The zero-order valence-electron chi connectivity index (χ0n) is 13.5. The highest BCUT2D eigenvalue weighted by molar-refractivity contribution is 5.93. The van der Waals surface area contributed by atoms with Crippen LogP contribution in [0.15, 0.2) is 23.2 Å². The van der Waals surface area contributed by atoms with E-state index in [1.165, 1.54) is 0 Å². The first-order valence-electron chi connectivity index (χ1n) is 7.92. The van der Waals surface area contributed by atoms with E-state index < -0.39 is 0 Å². The number of likely N-dealkylation sites (tertiary alicyclic amines) is 1. The van der Waals surface area contributed by atoms with Gasteiger partial charge in [0.15, 0.2) is 0 Å². The molecule has 1 fully saturated rings. The Hall–Kier alpha value is -2.22. The smallest absolute Gasteiger partial charge is 0.243 e. The monoisotopic (exact) mass is 318 g/mol. The molecule has 1 aliphatic rings. The maximum Gasteiger partial charge on any atom is 0.243 e. The molecule has 0 saturated carbocycles. The second kappa shape index (κ2) is 6.91. The van der Waals surface area contributed by atoms with Crippen LogP contribution in [0.3, 0.4) is 0 Å². The Bertz CT molecular complexity index is 638. The number of rotatable bonds is 5. The Labute approximate surface area is 134 Å². The molecule has 0 radical (unpaired) electrons. The number of carbonyl (C=O) groups excluding carboxylic acids is 1. The van der Waals surface area contributed by atoms with Crippen molar-refractivity contribution in [1.82, 2.24) is 24.8 Å². The molecule has 0 aliphatic carbocycles. The van der Waals surface area contributed by atoms with Crippen LogP contribution in [-0.4, -0.2) is 49.9 Å². The van der Waals surface area contributed by atoms with Crippen molar-refractivity contribution in [1.29, 1.82) is 0 Å². The molecule has 8 nitrogen and oxygen atoms in total. The first kappa shape index (κ1) is 15.7. The minimum Gasteiger partial charge on any atom is -0.338 e. The molecule has 3 heterocycles. The Kier molecular flexibility index (Phi) is 4.71. The van der Waals surface area contributed by atoms with Gasteiger partial charge in [-0.05, 0) is 39.2 Å². The Morgan fingerprint density at radius 1 is 1.57 bits per heavy atom. The van der Waals surface area contributed by atoms with Crippen LogP contribution in [-0.2, 0) is 11.3 Å². The van der Waals surface area contributed by atoms with E-state index in [-0.39, 0.29) is 11.9 Å². The van der Waals surface area contributed by atoms with Gasteiger partial charge in [0.25, 0.3) is 0 Å². The van der Waals surface area contributed by atoms with E-state index in [4.69, 9.17) is 4.52 Å². The predicted octanol–water partition coefficient (Wildman–Crippen LogP) is 1.31. The van der Waals surface area contributed by atoms with E-state index >= 15 is 0 Å². The van der Waals surface area contributed by atoms with E-state index in [2.05, 4.69) is 25.5 Å². The van der Waals surface area contributed by atoms with Crippen molar-refractivity contribution >= 4 is 11.8 Å². The summed E-state index contributed by atoms with van der Waals surface area (Å²) in [5, 5.41) is 10.7. The van der Waals surface area contributed by atoms with Gasteiger partial charge >= 0.3 is 0 Å². The fourth-order valence-electron chi connectivity index (χ4n) is 3.00. The first-order valence-corrected chi connectivity index (χ1v) is 7.92. The zero-order valence-corrected chi connectivity index (χ0v) is 13.5. The summed E-state index contributed by atoms with van der Waals surface area (Å²) in [6, 6.07) is 1.51. The molecule has 0 spiro atoms. The van der Waals surface area contributed by atoms with Crippen LogP contribution in [0.2, 0.25) is 0 Å². The minimum atomic E-state index is -0.209. The number of carbonyl (C=O) groups is 1. The van der Waals surface area contributed by atoms with Gasteiger partial charge in [0.05, 0.1) is 11.7 Å². The van der Waals surface area contributed by atoms with Gasteiger partial charge in [-0.15, -0.1) is 0 Å². The van der Waals surface area contributed by atoms with Crippen LogP contribution >= 0.6 is 0 Å². The van der Waals surface area contributed by atoms with Crippen molar-refractivity contribution in [3.8, 4) is 0 Å². The molecule has 2 atom stereocenters. The van der Waals surface area contributed by atoms with Gasteiger partial charge in [-0.3, -0.25) is 19.7 Å². The lowest BCUT2D eigenvalue weighted by Crippen LogP contribution is -2.47. The molecule has 2 aromatic heterocycles. The van der Waals surface area contributed by atoms with Crippen molar-refractivity contribution in [3.05, 3.63) is 24.4 Å². The van der Waals surface area contributed by atoms with Gasteiger partial charge in [0, 0.05) is 19.2 Å². The van der Waals surface area contributed by atoms with Crippen molar-refractivity contribution < 1.29 is 9.32 Å². The Morgan fingerprint density at radius 2 is 2.43 bits per heavy atom. The van der Waals surface area contributed by atoms with Gasteiger partial charge in [0.1, 0.15) is 12.7 Å². The number of hydrogen-bond acceptors (Lipinski definition) is 6. The summed E-state index contributed by atoms with van der Waals surface area (Å²) < 4.78 is 6.90. The third kappa shape index (κ3) is 3.95. The van der Waals surface area contributed by atoms with Crippen LogP contribution in [0, 0.1) is 12.8 Å². The van der Waals surface area contributed by atoms with Crippen molar-refractivity contribution in [2.75, 3.05) is 18.4 Å². The molecule has 1 saturated heterocycles. The van der Waals surface area contributed by atoms with E-state index in [0.29, 0.717) is 11.8 Å². The molecule has 0 aromatic carbocycles. The number of aryl methyl sites for hydroxylation is 1. The lowest BCUT2D eigenvalue weighted by Gasteiger charge is -2.35. The van der Waals surface area contributed by atoms with Gasteiger partial charge in [-0.25, -0.2) is 4.98 Å². The van der Waals surface area contributed by atoms with E-state index in [9.17, 15) is 4.79 Å². The summed E-state index contributed by atoms with van der Waals surface area (Å²) in [5.74, 6) is 0.811. The summed E-state index contributed by atoms with van der Waals surface area (Å²) in [7, 11) is 0. The normalized spacial score (nSPS) is 20.3. The van der Waals surface area contributed by atoms with Crippen LogP contribution in [0.1, 0.15) is 25.5 Å². The number of nitrogens with one attached hydrogen (secondary N) is 1. The number of piperidine rings is 1. The highest BCUT2D eigenvalue weighted by Crippen LogP contribution is 2.20. The molecule has 0 unspecified atom stereocenters. The number of amides is 1. The molecule has 23 heavy (non-hydrogen) atoms. The summed E-state index contributed by atoms with van der Waals surface area (Å²) in [4.78, 5) is 18.6. The molecule has 124 valence electrons. The molecule has 2 aromatic rings. The summed E-state index contributed by atoms with van der Waals surface area (Å²) in [5.41, 5.74) is 0.749. The maximum atomic E-state index is 12.4. The Balaban J connectivity index is 1.55. The van der Waals surface area contributed by atoms with Gasteiger partial charge < -0.3 is 4.52 Å². The highest BCUT2D eigenvalue weighted by atomic mass is 16.5. The molecular formula is C15H22N6O2. The molecular weight excluding hydrogens is 296 g/mol. The largest absolute Gasteiger partial charge is 0.338 e. The average Bonchev–Trinajstić information content (AvgIpc) is 3.18. The third-order valence-electron chi connectivity index (χ3n) is 4.26. The lowest BCUT2D eigenvalue weighted by atomic mass is 9.96. The van der Waals surface area contributed by atoms with E-state index in [1.54, 1.807) is 18.7 Å². The number of anilines is 1. The topological polar surface area (TPSA) is 89.1 Å². The van der Waals surface area contributed by atoms with Crippen molar-refractivity contribution in [2.45, 2.75) is 39.3 Å². The van der Waals surface area contributed by atoms with Crippen LogP contribution < -0.4 is 5.32 Å². The quantitative estimate of drug-likeness (QED) is 0.894. The van der Waals surface area contributed by atoms with E-state index in [1.807, 2.05) is 18.5 Å². The third-order valence-corrected chi connectivity index (χ3v) is 4.26. The SMILES string of the molecule is Cc1cc(NC(=O)[C@H](C)N2CCC[C@@H](Cn3cncn3)C2)on1. The van der Waals surface area contributed by atoms with Crippen molar-refractivity contribution in [3.63, 3.8) is 0 Å². The Morgan fingerprint density at radius 3 is 3.13 bits per heavy atom. The van der Waals surface area contributed by atoms with E-state index in [0.717, 1.165) is 38.2 Å². The average molecular weight is 318 g/mol. The molecule has 1 N–H and O–H groups in total. The summed E-state index contributed by atoms with van der Waals surface area (Å²) in [6.07, 6.45) is 5.52. The maximum absolute atomic E-state index is 12.4. The molecule has 1 amide bonds. The molecule has 8 heteroatoms. The number of hydrogen-bond donors (Lipinski definition) is 1.